The summed E-state index contributed by atoms with van der Waals surface area (Å²) in [5.74, 6) is -2.42. The quantitative estimate of drug-likeness (QED) is 0.175. The van der Waals surface area contributed by atoms with Crippen LogP contribution >= 0.6 is 11.3 Å². The fourth-order valence-electron chi connectivity index (χ4n) is 9.76. The molecule has 3 fully saturated rings. The Morgan fingerprint density at radius 1 is 1.08 bits per heavy atom. The first-order valence-electron chi connectivity index (χ1n) is 22.4. The second kappa shape index (κ2) is 18.2. The highest BCUT2D eigenvalue weighted by molar-refractivity contribution is 7.10. The van der Waals surface area contributed by atoms with Gasteiger partial charge in [-0.3, -0.25) is 29.2 Å². The predicted octanol–water partition coefficient (Wildman–Crippen LogP) is 6.63. The van der Waals surface area contributed by atoms with Gasteiger partial charge in [0.1, 0.15) is 23.2 Å². The molecular weight excluding hydrogens is 807 g/mol. The first-order valence-corrected chi connectivity index (χ1v) is 23.3. The van der Waals surface area contributed by atoms with Gasteiger partial charge in [0.2, 0.25) is 11.8 Å². The number of amides is 3. The lowest BCUT2D eigenvalue weighted by atomic mass is 9.84. The van der Waals surface area contributed by atoms with Gasteiger partial charge in [0, 0.05) is 78.9 Å². The first-order chi connectivity index (χ1) is 29.8. The average molecular weight is 868 g/mol. The Labute approximate surface area is 368 Å². The molecule has 1 aromatic carbocycles. The average Bonchev–Trinajstić information content (AvgIpc) is 3.57. The van der Waals surface area contributed by atoms with E-state index in [4.69, 9.17) is 24.2 Å². The summed E-state index contributed by atoms with van der Waals surface area (Å²) >= 11 is 1.37. The SMILES string of the molecule is CCO[C@@H]1c2nc(cs2)-c2ccc3c(c2)c(c(-c2cccnc2[C@H](C)OC)n3CC)CC(C)(C)COC(=O)[C@@H]2CCCN(N2)C(=O)C1NC(=O)[C@@H]1[C@@H](C)[C@H]1C(=O)N1CCCCC1. The number of nitrogens with one attached hydrogen (secondary N) is 2. The van der Waals surface area contributed by atoms with Crippen LogP contribution in [-0.2, 0) is 46.4 Å². The maximum atomic E-state index is 14.8. The molecule has 3 aromatic heterocycles. The molecule has 6 bridgehead atoms. The Hall–Kier alpha value is -4.70. The van der Waals surface area contributed by atoms with Crippen LogP contribution in [0.25, 0.3) is 33.4 Å². The number of piperidine rings is 1. The van der Waals surface area contributed by atoms with Gasteiger partial charge in [0.15, 0.2) is 0 Å². The third-order valence-corrected chi connectivity index (χ3v) is 14.1. The molecule has 3 aliphatic heterocycles. The van der Waals surface area contributed by atoms with Crippen molar-refractivity contribution in [2.45, 2.75) is 111 Å². The summed E-state index contributed by atoms with van der Waals surface area (Å²) in [5.41, 5.74) is 9.28. The second-order valence-electron chi connectivity index (χ2n) is 18.1. The predicted molar refractivity (Wildman–Crippen MR) is 237 cm³/mol. The molecule has 3 amide bonds. The number of thiazole rings is 1. The van der Waals surface area contributed by atoms with Crippen LogP contribution in [0.4, 0.5) is 0 Å². The molecule has 1 saturated carbocycles. The number of esters is 1. The van der Waals surface area contributed by atoms with Gasteiger partial charge in [-0.25, -0.2) is 10.4 Å². The number of nitrogens with zero attached hydrogens (tertiary/aromatic N) is 5. The summed E-state index contributed by atoms with van der Waals surface area (Å²) < 4.78 is 20.6. The number of carbonyl (C=O) groups excluding carboxylic acids is 4. The molecule has 0 radical (unpaired) electrons. The van der Waals surface area contributed by atoms with Gasteiger partial charge >= 0.3 is 5.97 Å². The van der Waals surface area contributed by atoms with E-state index in [-0.39, 0.29) is 37.0 Å². The molecule has 0 spiro atoms. The molecule has 14 nitrogen and oxygen atoms in total. The molecule has 1 aliphatic carbocycles. The number of carbonyl (C=O) groups is 4. The van der Waals surface area contributed by atoms with E-state index in [0.717, 1.165) is 63.9 Å². The van der Waals surface area contributed by atoms with Gasteiger partial charge in [-0.15, -0.1) is 11.3 Å². The topological polar surface area (TPSA) is 157 Å². The van der Waals surface area contributed by atoms with Gasteiger partial charge in [0.05, 0.1) is 41.6 Å². The molecule has 2 N–H and O–H groups in total. The molecule has 2 saturated heterocycles. The van der Waals surface area contributed by atoms with Crippen LogP contribution in [0.15, 0.2) is 41.9 Å². The van der Waals surface area contributed by atoms with Crippen molar-refractivity contribution >= 4 is 45.9 Å². The number of aromatic nitrogens is 3. The van der Waals surface area contributed by atoms with E-state index in [1.807, 2.05) is 37.1 Å². The van der Waals surface area contributed by atoms with Crippen LogP contribution in [-0.4, -0.2) is 100 Å². The van der Waals surface area contributed by atoms with E-state index in [0.29, 0.717) is 50.4 Å². The minimum atomic E-state index is -1.20. The Morgan fingerprint density at radius 2 is 1.87 bits per heavy atom. The maximum Gasteiger partial charge on any atom is 0.324 e. The minimum absolute atomic E-state index is 0.00785. The monoisotopic (exact) mass is 867 g/mol. The van der Waals surface area contributed by atoms with Crippen molar-refractivity contribution in [2.24, 2.45) is 23.2 Å². The number of benzene rings is 1. The van der Waals surface area contributed by atoms with Gasteiger partial charge in [-0.2, -0.15) is 0 Å². The highest BCUT2D eigenvalue weighted by Gasteiger charge is 2.58. The molecule has 8 rings (SSSR count). The van der Waals surface area contributed by atoms with E-state index < -0.39 is 47.3 Å². The van der Waals surface area contributed by atoms with Crippen LogP contribution in [0.3, 0.4) is 0 Å². The van der Waals surface area contributed by atoms with Crippen LogP contribution in [0.2, 0.25) is 0 Å². The largest absolute Gasteiger partial charge is 0.464 e. The number of cyclic esters (lactones) is 1. The third-order valence-electron chi connectivity index (χ3n) is 13.2. The second-order valence-corrected chi connectivity index (χ2v) is 19.0. The lowest BCUT2D eigenvalue weighted by molar-refractivity contribution is -0.156. The number of pyridine rings is 1. The first kappa shape index (κ1) is 43.9. The molecule has 62 heavy (non-hydrogen) atoms. The number of ether oxygens (including phenoxy) is 3. The number of hydrogen-bond donors (Lipinski definition) is 2. The van der Waals surface area contributed by atoms with Crippen molar-refractivity contribution in [3.8, 4) is 22.5 Å². The number of methoxy groups -OCH3 is 1. The van der Waals surface area contributed by atoms with Crippen molar-refractivity contribution in [3.63, 3.8) is 0 Å². The summed E-state index contributed by atoms with van der Waals surface area (Å²) in [4.78, 5) is 68.4. The van der Waals surface area contributed by atoms with Crippen molar-refractivity contribution in [1.29, 1.82) is 0 Å². The zero-order chi connectivity index (χ0) is 43.9. The van der Waals surface area contributed by atoms with Crippen molar-refractivity contribution in [3.05, 3.63) is 58.2 Å². The molecule has 6 heterocycles. The summed E-state index contributed by atoms with van der Waals surface area (Å²) in [5, 5.41) is 8.04. The Balaban J connectivity index is 1.22. The Kier molecular flexibility index (Phi) is 12.9. The number of hydrazine groups is 1. The molecule has 7 atom stereocenters. The smallest absolute Gasteiger partial charge is 0.324 e. The lowest BCUT2D eigenvalue weighted by Crippen LogP contribution is -2.61. The van der Waals surface area contributed by atoms with Crippen LogP contribution in [0, 0.1) is 23.2 Å². The number of hydrogen-bond acceptors (Lipinski definition) is 11. The molecule has 15 heteroatoms. The van der Waals surface area contributed by atoms with Gasteiger partial charge in [-0.05, 0) is 95.0 Å². The number of rotatable bonds is 9. The Bertz CT molecular complexity index is 2320. The van der Waals surface area contributed by atoms with Gasteiger partial charge in [-0.1, -0.05) is 26.8 Å². The summed E-state index contributed by atoms with van der Waals surface area (Å²) in [6.45, 7) is 14.9. The lowest BCUT2D eigenvalue weighted by Gasteiger charge is -2.37. The van der Waals surface area contributed by atoms with Crippen LogP contribution < -0.4 is 10.7 Å². The summed E-state index contributed by atoms with van der Waals surface area (Å²) in [6.07, 6.45) is 5.22. The van der Waals surface area contributed by atoms with E-state index in [9.17, 15) is 19.2 Å². The van der Waals surface area contributed by atoms with E-state index in [1.165, 1.54) is 16.3 Å². The Morgan fingerprint density at radius 3 is 2.61 bits per heavy atom. The third kappa shape index (κ3) is 8.52. The highest BCUT2D eigenvalue weighted by atomic mass is 32.1. The van der Waals surface area contributed by atoms with E-state index in [1.54, 1.807) is 13.3 Å². The zero-order valence-electron chi connectivity index (χ0n) is 37.1. The fourth-order valence-corrected chi connectivity index (χ4v) is 10.7. The van der Waals surface area contributed by atoms with Crippen molar-refractivity contribution in [2.75, 3.05) is 40.0 Å². The van der Waals surface area contributed by atoms with Crippen LogP contribution in [0.1, 0.15) is 102 Å². The summed E-state index contributed by atoms with van der Waals surface area (Å²) in [6, 6.07) is 8.46. The molecule has 1 unspecified atom stereocenters. The molecular formula is C47H61N7O7S. The number of aryl methyl sites for hydroxylation is 1. The number of likely N-dealkylation sites (tertiary alicyclic amines) is 1. The molecule has 332 valence electrons. The summed E-state index contributed by atoms with van der Waals surface area (Å²) in [7, 11) is 1.69. The maximum absolute atomic E-state index is 14.8. The number of fused-ring (bicyclic) bond motifs is 6. The minimum Gasteiger partial charge on any atom is -0.464 e. The highest BCUT2D eigenvalue weighted by Crippen LogP contribution is 2.48. The van der Waals surface area contributed by atoms with Crippen molar-refractivity contribution < 1.29 is 33.4 Å². The van der Waals surface area contributed by atoms with Crippen molar-refractivity contribution in [1.82, 2.24) is 35.2 Å². The fraction of sp³-hybridized carbons (Fsp3) is 0.574. The van der Waals surface area contributed by atoms with E-state index >= 15 is 0 Å². The van der Waals surface area contributed by atoms with E-state index in [2.05, 4.69) is 60.3 Å². The molecule has 4 aromatic rings. The van der Waals surface area contributed by atoms with Gasteiger partial charge < -0.3 is 29.0 Å². The normalized spacial score (nSPS) is 25.9. The van der Waals surface area contributed by atoms with Crippen LogP contribution in [0.5, 0.6) is 0 Å². The molecule has 4 aliphatic rings. The zero-order valence-corrected chi connectivity index (χ0v) is 37.9. The van der Waals surface area contributed by atoms with Gasteiger partial charge in [0.25, 0.3) is 5.91 Å². The standard InChI is InChI=1S/C47H61N7O7S/c1-8-53-35-18-17-29-23-31(35)32(40(53)30-15-13-19-48-38(30)28(4)59-7)24-47(5,6)26-61-46(58)33-16-14-22-54(51-33)45(57)39(41(60-9-2)43-49-34(29)25-62-43)50-42(55)36-27(3)37(36)44(56)52-20-11-10-12-21-52/h13,15,17-19,23,25,27-28,33,36-37,39,41,51H,8-12,14,16,20-22,24,26H2,1-7H3,(H,50,55)/t27-,28+,33+,36-,37-,39?,41+/m1/s1.